The molecule has 0 aliphatic carbocycles. The molecule has 0 radical (unpaired) electrons. The van der Waals surface area contributed by atoms with E-state index in [0.717, 1.165) is 10.9 Å². The predicted molar refractivity (Wildman–Crippen MR) is 119 cm³/mol. The zero-order valence-corrected chi connectivity index (χ0v) is 17.7. The Morgan fingerprint density at radius 1 is 1.19 bits per heavy atom. The van der Waals surface area contributed by atoms with Gasteiger partial charge >= 0.3 is 0 Å². The van der Waals surface area contributed by atoms with E-state index >= 15 is 0 Å². The maximum atomic E-state index is 12.8. The number of para-hydroxylation sites is 1. The van der Waals surface area contributed by atoms with Crippen molar-refractivity contribution >= 4 is 45.8 Å². The van der Waals surface area contributed by atoms with Crippen LogP contribution in [0.1, 0.15) is 12.5 Å². The Labute approximate surface area is 187 Å². The lowest BCUT2D eigenvalue weighted by molar-refractivity contribution is -0.122. The largest absolute Gasteiger partial charge is 0.479 e. The lowest BCUT2D eigenvalue weighted by atomic mass is 10.2. The van der Waals surface area contributed by atoms with Crippen molar-refractivity contribution in [1.82, 2.24) is 14.8 Å². The lowest BCUT2D eigenvalue weighted by Gasteiger charge is -2.16. The highest BCUT2D eigenvalue weighted by Crippen LogP contribution is 2.28. The van der Waals surface area contributed by atoms with E-state index in [2.05, 4.69) is 15.4 Å². The van der Waals surface area contributed by atoms with Gasteiger partial charge in [0.1, 0.15) is 17.4 Å². The van der Waals surface area contributed by atoms with Crippen LogP contribution in [-0.2, 0) is 4.79 Å². The van der Waals surface area contributed by atoms with Crippen molar-refractivity contribution in [3.63, 3.8) is 0 Å². The van der Waals surface area contributed by atoms with Gasteiger partial charge in [0.15, 0.2) is 17.7 Å². The third-order valence-corrected chi connectivity index (χ3v) is 5.03. The maximum absolute atomic E-state index is 12.8. The van der Waals surface area contributed by atoms with Crippen LogP contribution in [0.3, 0.4) is 0 Å². The highest BCUT2D eigenvalue weighted by molar-refractivity contribution is 6.35. The number of carbonyl (C=O) groups is 1. The fraction of sp³-hybridized carbons (Fsp3) is 0.0909. The SMILES string of the molecule is CC(Oc1ccc(Cl)cc1Cl)C(=O)Nc1c(C#N)cnn1-c1ccc2ccccc2n1. The number of carbonyl (C=O) groups excluding carboxylic acids is 1. The average molecular weight is 452 g/mol. The van der Waals surface area contributed by atoms with Gasteiger partial charge in [0.05, 0.1) is 16.7 Å². The number of nitrogens with one attached hydrogen (secondary N) is 1. The van der Waals surface area contributed by atoms with Gasteiger partial charge in [0, 0.05) is 10.4 Å². The van der Waals surface area contributed by atoms with Gasteiger partial charge in [-0.1, -0.05) is 41.4 Å². The molecule has 9 heteroatoms. The minimum absolute atomic E-state index is 0.194. The minimum atomic E-state index is -0.905. The summed E-state index contributed by atoms with van der Waals surface area (Å²) in [6, 6.07) is 18.0. The third-order valence-electron chi connectivity index (χ3n) is 4.50. The Morgan fingerprint density at radius 3 is 2.77 bits per heavy atom. The van der Waals surface area contributed by atoms with Crippen LogP contribution in [0.4, 0.5) is 5.82 Å². The summed E-state index contributed by atoms with van der Waals surface area (Å²) in [6.45, 7) is 1.57. The zero-order valence-electron chi connectivity index (χ0n) is 16.2. The number of rotatable bonds is 5. The van der Waals surface area contributed by atoms with Crippen molar-refractivity contribution < 1.29 is 9.53 Å². The van der Waals surface area contributed by atoms with Gasteiger partial charge in [-0.3, -0.25) is 4.79 Å². The molecule has 4 rings (SSSR count). The normalized spacial score (nSPS) is 11.7. The van der Waals surface area contributed by atoms with Crippen molar-refractivity contribution in [1.29, 1.82) is 5.26 Å². The molecule has 2 aromatic heterocycles. The number of halogens is 2. The number of nitriles is 1. The number of amides is 1. The summed E-state index contributed by atoms with van der Waals surface area (Å²) in [7, 11) is 0. The van der Waals surface area contributed by atoms with Gasteiger partial charge in [-0.15, -0.1) is 0 Å². The maximum Gasteiger partial charge on any atom is 0.266 e. The van der Waals surface area contributed by atoms with Gasteiger partial charge in [-0.25, -0.2) is 4.98 Å². The van der Waals surface area contributed by atoms with Crippen molar-refractivity contribution in [3.05, 3.63) is 76.4 Å². The molecule has 154 valence electrons. The molecule has 31 heavy (non-hydrogen) atoms. The molecule has 1 amide bonds. The molecule has 0 bridgehead atoms. The van der Waals surface area contributed by atoms with E-state index in [9.17, 15) is 10.1 Å². The van der Waals surface area contributed by atoms with Crippen LogP contribution in [0.15, 0.2) is 60.8 Å². The Hall–Kier alpha value is -3.60. The quantitative estimate of drug-likeness (QED) is 0.460. The van der Waals surface area contributed by atoms with E-state index in [-0.39, 0.29) is 16.4 Å². The van der Waals surface area contributed by atoms with Crippen molar-refractivity contribution in [2.45, 2.75) is 13.0 Å². The van der Waals surface area contributed by atoms with E-state index in [1.807, 2.05) is 36.4 Å². The van der Waals surface area contributed by atoms with E-state index in [4.69, 9.17) is 27.9 Å². The van der Waals surface area contributed by atoms with Crippen LogP contribution in [0.25, 0.3) is 16.7 Å². The molecule has 0 fully saturated rings. The number of anilines is 1. The number of benzene rings is 2. The molecule has 2 aromatic carbocycles. The first-order chi connectivity index (χ1) is 15.0. The first-order valence-corrected chi connectivity index (χ1v) is 9.98. The smallest absolute Gasteiger partial charge is 0.266 e. The Morgan fingerprint density at radius 2 is 2.00 bits per heavy atom. The number of aromatic nitrogens is 3. The van der Waals surface area contributed by atoms with E-state index < -0.39 is 12.0 Å². The summed E-state index contributed by atoms with van der Waals surface area (Å²) in [5.74, 6) is 0.502. The average Bonchev–Trinajstić information content (AvgIpc) is 3.17. The molecule has 4 aromatic rings. The second-order valence-corrected chi connectivity index (χ2v) is 7.46. The van der Waals surface area contributed by atoms with Crippen LogP contribution < -0.4 is 10.1 Å². The second kappa shape index (κ2) is 8.64. The molecule has 7 nitrogen and oxygen atoms in total. The van der Waals surface area contributed by atoms with Crippen LogP contribution in [0.5, 0.6) is 5.75 Å². The van der Waals surface area contributed by atoms with Gasteiger partial charge in [0.2, 0.25) is 0 Å². The van der Waals surface area contributed by atoms with Crippen LogP contribution in [0, 0.1) is 11.3 Å². The van der Waals surface area contributed by atoms with E-state index in [0.29, 0.717) is 16.6 Å². The summed E-state index contributed by atoms with van der Waals surface area (Å²) in [5, 5.41) is 18.1. The fourth-order valence-corrected chi connectivity index (χ4v) is 3.38. The predicted octanol–water partition coefficient (Wildman–Crippen LogP) is 5.00. The van der Waals surface area contributed by atoms with Crippen LogP contribution in [0.2, 0.25) is 10.0 Å². The molecule has 0 saturated carbocycles. The molecular formula is C22H15Cl2N5O2. The summed E-state index contributed by atoms with van der Waals surface area (Å²) in [6.07, 6.45) is 0.465. The number of ether oxygens (including phenoxy) is 1. The summed E-state index contributed by atoms with van der Waals surface area (Å²) in [5.41, 5.74) is 0.959. The Kier molecular flexibility index (Phi) is 5.76. The summed E-state index contributed by atoms with van der Waals surface area (Å²) < 4.78 is 7.06. The first-order valence-electron chi connectivity index (χ1n) is 9.23. The number of fused-ring (bicyclic) bond motifs is 1. The summed E-state index contributed by atoms with van der Waals surface area (Å²) in [4.78, 5) is 17.4. The standard InChI is InChI=1S/C22H15Cl2N5O2/c1-13(31-19-8-7-16(23)10-17(19)24)22(30)28-21-15(11-25)12-26-29(21)20-9-6-14-4-2-3-5-18(14)27-20/h2-10,12-13H,1H3,(H,28,30). The zero-order chi connectivity index (χ0) is 22.0. The first kappa shape index (κ1) is 20.7. The molecular weight excluding hydrogens is 437 g/mol. The number of hydrogen-bond acceptors (Lipinski definition) is 5. The number of pyridine rings is 1. The van der Waals surface area contributed by atoms with Gasteiger partial charge in [-0.05, 0) is 43.3 Å². The van der Waals surface area contributed by atoms with Gasteiger partial charge < -0.3 is 10.1 Å². The summed E-state index contributed by atoms with van der Waals surface area (Å²) >= 11 is 12.0. The van der Waals surface area contributed by atoms with Crippen molar-refractivity contribution in [3.8, 4) is 17.6 Å². The molecule has 0 aliphatic heterocycles. The molecule has 0 spiro atoms. The number of nitrogens with zero attached hydrogens (tertiary/aromatic N) is 4. The molecule has 1 N–H and O–H groups in total. The van der Waals surface area contributed by atoms with E-state index in [1.54, 1.807) is 25.1 Å². The molecule has 2 heterocycles. The molecule has 0 saturated heterocycles. The second-order valence-electron chi connectivity index (χ2n) is 6.62. The topological polar surface area (TPSA) is 92.8 Å². The molecule has 1 unspecified atom stereocenters. The van der Waals surface area contributed by atoms with Gasteiger partial charge in [0.25, 0.3) is 5.91 Å². The van der Waals surface area contributed by atoms with E-state index in [1.165, 1.54) is 16.9 Å². The lowest BCUT2D eigenvalue weighted by Crippen LogP contribution is -2.31. The highest BCUT2D eigenvalue weighted by atomic mass is 35.5. The minimum Gasteiger partial charge on any atom is -0.479 e. The van der Waals surface area contributed by atoms with Gasteiger partial charge in [-0.2, -0.15) is 15.0 Å². The monoisotopic (exact) mass is 451 g/mol. The highest BCUT2D eigenvalue weighted by Gasteiger charge is 2.21. The molecule has 1 atom stereocenters. The number of hydrogen-bond donors (Lipinski definition) is 1. The van der Waals surface area contributed by atoms with Crippen molar-refractivity contribution in [2.24, 2.45) is 0 Å². The Bertz CT molecular complexity index is 1330. The van der Waals surface area contributed by atoms with Crippen LogP contribution >= 0.6 is 23.2 Å². The molecule has 0 aliphatic rings. The van der Waals surface area contributed by atoms with Crippen LogP contribution in [-0.4, -0.2) is 26.8 Å². The fourth-order valence-electron chi connectivity index (χ4n) is 2.93. The Balaban J connectivity index is 1.61. The third kappa shape index (κ3) is 4.31. The van der Waals surface area contributed by atoms with Crippen molar-refractivity contribution in [2.75, 3.05) is 5.32 Å².